The zero-order chi connectivity index (χ0) is 19.7. The minimum atomic E-state index is -2.54. The van der Waals surface area contributed by atoms with E-state index in [4.69, 9.17) is 0 Å². The van der Waals surface area contributed by atoms with Crippen molar-refractivity contribution in [3.8, 4) is 0 Å². The number of hydrogen-bond acceptors (Lipinski definition) is 1. The Morgan fingerprint density at radius 1 is 0.607 bits per heavy atom. The van der Waals surface area contributed by atoms with Gasteiger partial charge in [0.05, 0.1) is 0 Å². The zero-order valence-corrected chi connectivity index (χ0v) is 17.9. The number of unbranched alkanes of at least 4 members (excludes halogenated alkanes) is 4. The number of benzene rings is 3. The quantitative estimate of drug-likeness (QED) is 0.362. The summed E-state index contributed by atoms with van der Waals surface area (Å²) in [5.74, 6) is -0.346. The molecule has 1 unspecified atom stereocenters. The van der Waals surface area contributed by atoms with Crippen LogP contribution >= 0.6 is 7.26 Å². The molecule has 1 atom stereocenters. The maximum absolute atomic E-state index is 11.7. The van der Waals surface area contributed by atoms with Crippen LogP contribution in [-0.4, -0.2) is 11.0 Å². The van der Waals surface area contributed by atoms with E-state index in [1.807, 2.05) is 0 Å². The van der Waals surface area contributed by atoms with Crippen LogP contribution in [0.25, 0.3) is 0 Å². The fourth-order valence-corrected chi connectivity index (χ4v) is 9.28. The van der Waals surface area contributed by atoms with E-state index in [0.717, 1.165) is 12.8 Å². The molecule has 0 spiro atoms. The van der Waals surface area contributed by atoms with Gasteiger partial charge in [0.25, 0.3) is 0 Å². The van der Waals surface area contributed by atoms with Gasteiger partial charge < -0.3 is 0 Å². The van der Waals surface area contributed by atoms with E-state index in [1.165, 1.54) is 41.6 Å². The van der Waals surface area contributed by atoms with Crippen LogP contribution in [0.1, 0.15) is 45.4 Å². The monoisotopic (exact) mass is 392 g/mol. The third-order valence-corrected chi connectivity index (χ3v) is 10.8. The molecule has 1 N–H and O–H groups in total. The van der Waals surface area contributed by atoms with E-state index in [1.54, 1.807) is 0 Å². The molecule has 0 fully saturated rings. The van der Waals surface area contributed by atoms with Crippen molar-refractivity contribution in [2.75, 3.05) is 0 Å². The Hall–Kier alpha value is -1.95. The molecule has 0 radical (unpaired) electrons. The normalized spacial score (nSPS) is 13.2. The summed E-state index contributed by atoms with van der Waals surface area (Å²) in [6.45, 7) is 2.24. The summed E-state index contributed by atoms with van der Waals surface area (Å²) >= 11 is 0. The molecule has 0 aliphatic carbocycles. The molecule has 0 bridgehead atoms. The van der Waals surface area contributed by atoms with Crippen LogP contribution in [0.4, 0.5) is 0 Å². The van der Waals surface area contributed by atoms with Gasteiger partial charge in [0, 0.05) is 0 Å². The molecule has 0 saturated heterocycles. The van der Waals surface area contributed by atoms with Crippen molar-refractivity contribution in [2.45, 2.75) is 51.3 Å². The van der Waals surface area contributed by atoms with Gasteiger partial charge in [-0.2, -0.15) is 0 Å². The van der Waals surface area contributed by atoms with Crippen molar-refractivity contribution in [1.82, 2.24) is 0 Å². The average molecular weight is 393 g/mol. The van der Waals surface area contributed by atoms with Gasteiger partial charge in [-0.1, -0.05) is 0 Å². The molecule has 0 saturated carbocycles. The fraction of sp³-hybridized carbons (Fsp3) is 0.308. The van der Waals surface area contributed by atoms with Gasteiger partial charge in [-0.25, -0.2) is 0 Å². The van der Waals surface area contributed by atoms with Crippen molar-refractivity contribution in [3.63, 3.8) is 0 Å². The van der Waals surface area contributed by atoms with Gasteiger partial charge in [-0.3, -0.25) is 0 Å². The number of aliphatic hydroxyl groups excluding tert-OH is 1. The second kappa shape index (κ2) is 10.6. The Kier molecular flexibility index (Phi) is 7.83. The van der Waals surface area contributed by atoms with Crippen LogP contribution in [-0.2, 0) is 0 Å². The van der Waals surface area contributed by atoms with E-state index in [0.29, 0.717) is 0 Å². The van der Waals surface area contributed by atoms with Crippen molar-refractivity contribution in [3.05, 3.63) is 91.0 Å². The molecule has 0 heterocycles. The molecule has 148 valence electrons. The van der Waals surface area contributed by atoms with E-state index < -0.39 is 7.26 Å². The van der Waals surface area contributed by atoms with Crippen LogP contribution < -0.4 is 15.9 Å². The van der Waals surface area contributed by atoms with Gasteiger partial charge in [-0.05, 0) is 0 Å². The van der Waals surface area contributed by atoms with Crippen LogP contribution in [0, 0.1) is 0 Å². The van der Waals surface area contributed by atoms with Crippen molar-refractivity contribution in [1.29, 1.82) is 0 Å². The first kappa shape index (κ1) is 20.8. The Bertz CT molecular complexity index is 705. The summed E-state index contributed by atoms with van der Waals surface area (Å²) in [7, 11) is -2.54. The Balaban J connectivity index is 2.06. The maximum atomic E-state index is 11.7. The molecule has 1 nitrogen and oxygen atoms in total. The van der Waals surface area contributed by atoms with E-state index in [9.17, 15) is 5.11 Å². The minimum absolute atomic E-state index is 0.346. The van der Waals surface area contributed by atoms with E-state index in [-0.39, 0.29) is 5.85 Å². The summed E-state index contributed by atoms with van der Waals surface area (Å²) < 4.78 is 0. The van der Waals surface area contributed by atoms with Gasteiger partial charge in [0.15, 0.2) is 0 Å². The van der Waals surface area contributed by atoms with Crippen LogP contribution in [0.3, 0.4) is 0 Å². The first-order chi connectivity index (χ1) is 13.8. The third-order valence-electron chi connectivity index (χ3n) is 5.77. The topological polar surface area (TPSA) is 20.2 Å². The van der Waals surface area contributed by atoms with Crippen LogP contribution in [0.2, 0.25) is 0 Å². The Morgan fingerprint density at radius 3 is 1.39 bits per heavy atom. The van der Waals surface area contributed by atoms with E-state index >= 15 is 0 Å². The van der Waals surface area contributed by atoms with Gasteiger partial charge in [-0.15, -0.1) is 0 Å². The zero-order valence-electron chi connectivity index (χ0n) is 16.9. The molecule has 0 aliphatic rings. The summed E-state index contributed by atoms with van der Waals surface area (Å²) in [6.07, 6.45) is 6.94. The number of rotatable bonds is 10. The second-order valence-corrected chi connectivity index (χ2v) is 11.6. The molecule has 3 aromatic rings. The summed E-state index contributed by atoms with van der Waals surface area (Å²) in [5.41, 5.74) is 0. The molecule has 0 aliphatic heterocycles. The van der Waals surface area contributed by atoms with E-state index in [2.05, 4.69) is 97.9 Å². The van der Waals surface area contributed by atoms with Crippen LogP contribution in [0.15, 0.2) is 91.0 Å². The third kappa shape index (κ3) is 4.54. The Labute approximate surface area is 170 Å². The van der Waals surface area contributed by atoms with Crippen molar-refractivity contribution in [2.24, 2.45) is 0 Å². The second-order valence-electron chi connectivity index (χ2n) is 7.62. The van der Waals surface area contributed by atoms with Gasteiger partial charge in [0.2, 0.25) is 0 Å². The molecular formula is C26H33OP. The summed E-state index contributed by atoms with van der Waals surface area (Å²) in [6, 6.07) is 32.1. The SMILES string of the molecule is CCCCCCCC(O)[PH](c1ccccc1)(c1ccccc1)c1ccccc1. The summed E-state index contributed by atoms with van der Waals surface area (Å²) in [4.78, 5) is 0. The molecule has 3 rings (SSSR count). The van der Waals surface area contributed by atoms with Crippen molar-refractivity contribution < 1.29 is 5.11 Å². The Morgan fingerprint density at radius 2 is 1.00 bits per heavy atom. The van der Waals surface area contributed by atoms with Crippen molar-refractivity contribution >= 4 is 23.2 Å². The molecule has 0 aromatic heterocycles. The molecule has 28 heavy (non-hydrogen) atoms. The fourth-order valence-electron chi connectivity index (χ4n) is 4.34. The molecular weight excluding hydrogens is 359 g/mol. The van der Waals surface area contributed by atoms with Gasteiger partial charge in [0.1, 0.15) is 0 Å². The predicted molar refractivity (Wildman–Crippen MR) is 126 cm³/mol. The first-order valence-electron chi connectivity index (χ1n) is 10.6. The molecule has 2 heteroatoms. The summed E-state index contributed by atoms with van der Waals surface area (Å²) in [5, 5.41) is 15.6. The predicted octanol–water partition coefficient (Wildman–Crippen LogP) is 5.39. The molecule has 0 amide bonds. The molecule has 3 aromatic carbocycles. The van der Waals surface area contributed by atoms with Crippen LogP contribution in [0.5, 0.6) is 0 Å². The number of hydrogen-bond donors (Lipinski definition) is 1. The standard InChI is InChI=1S/C26H33OP/c1-2-3-4-5-15-22-26(27)28(23-16-9-6-10-17-23,24-18-11-7-12-19-24)25-20-13-8-14-21-25/h6-14,16-21,26-28H,2-5,15,22H2,1H3. The first-order valence-corrected chi connectivity index (χ1v) is 12.7. The average Bonchev–Trinajstić information content (AvgIpc) is 2.76. The number of aliphatic hydroxyl groups is 1. The van der Waals surface area contributed by atoms with Gasteiger partial charge >= 0.3 is 171 Å².